The zero-order valence-electron chi connectivity index (χ0n) is 16.8. The van der Waals surface area contributed by atoms with E-state index in [4.69, 9.17) is 14.7 Å². The Labute approximate surface area is 174 Å². The maximum absolute atomic E-state index is 13.4. The molecule has 0 radical (unpaired) electrons. The molecule has 8 nitrogen and oxygen atoms in total. The van der Waals surface area contributed by atoms with Gasteiger partial charge in [-0.3, -0.25) is 10.0 Å². The highest BCUT2D eigenvalue weighted by Crippen LogP contribution is 2.33. The number of ether oxygens (including phenoxy) is 2. The first-order valence-corrected chi connectivity index (χ1v) is 9.97. The third kappa shape index (κ3) is 4.10. The van der Waals surface area contributed by atoms with Crippen LogP contribution >= 0.6 is 0 Å². The molecule has 0 bridgehead atoms. The van der Waals surface area contributed by atoms with Crippen LogP contribution in [0.15, 0.2) is 42.5 Å². The van der Waals surface area contributed by atoms with E-state index in [0.29, 0.717) is 38.6 Å². The average Bonchev–Trinajstić information content (AvgIpc) is 2.98. The van der Waals surface area contributed by atoms with Crippen LogP contribution in [0.25, 0.3) is 0 Å². The number of nitrogens with one attached hydrogen (secondary N) is 1. The van der Waals surface area contributed by atoms with Crippen molar-refractivity contribution >= 4 is 11.9 Å². The van der Waals surface area contributed by atoms with Gasteiger partial charge in [0.2, 0.25) is 0 Å². The lowest BCUT2D eigenvalue weighted by atomic mass is 10.0. The summed E-state index contributed by atoms with van der Waals surface area (Å²) < 4.78 is 11.4. The van der Waals surface area contributed by atoms with E-state index in [1.807, 2.05) is 41.0 Å². The summed E-state index contributed by atoms with van der Waals surface area (Å²) in [6, 6.07) is 12.7. The van der Waals surface area contributed by atoms with Crippen LogP contribution in [0.2, 0.25) is 0 Å². The molecule has 4 rings (SSSR count). The minimum Gasteiger partial charge on any atom is -0.491 e. The van der Waals surface area contributed by atoms with E-state index in [-0.39, 0.29) is 24.2 Å². The molecule has 1 fully saturated rings. The molecule has 30 heavy (non-hydrogen) atoms. The second kappa shape index (κ2) is 8.73. The van der Waals surface area contributed by atoms with Gasteiger partial charge in [0.25, 0.3) is 5.91 Å². The normalized spacial score (nSPS) is 18.8. The van der Waals surface area contributed by atoms with Crippen LogP contribution in [0.4, 0.5) is 4.79 Å². The molecule has 1 atom stereocenters. The number of hydrogen-bond donors (Lipinski definition) is 2. The van der Waals surface area contributed by atoms with Gasteiger partial charge in [0.1, 0.15) is 12.4 Å². The van der Waals surface area contributed by atoms with Crippen LogP contribution in [-0.4, -0.2) is 59.9 Å². The van der Waals surface area contributed by atoms with E-state index >= 15 is 0 Å². The molecule has 0 aromatic heterocycles. The molecule has 2 aliphatic heterocycles. The summed E-state index contributed by atoms with van der Waals surface area (Å²) in [5.41, 5.74) is 4.86. The van der Waals surface area contributed by atoms with E-state index in [2.05, 4.69) is 0 Å². The topological polar surface area (TPSA) is 91.3 Å². The molecule has 0 saturated carbocycles. The number of urea groups is 1. The van der Waals surface area contributed by atoms with Crippen molar-refractivity contribution in [2.75, 3.05) is 32.9 Å². The van der Waals surface area contributed by atoms with Gasteiger partial charge >= 0.3 is 6.03 Å². The molecule has 0 spiro atoms. The second-order valence-electron chi connectivity index (χ2n) is 7.51. The van der Waals surface area contributed by atoms with Crippen molar-refractivity contribution in [2.45, 2.75) is 19.5 Å². The predicted octanol–water partition coefficient (Wildman–Crippen LogP) is 2.50. The van der Waals surface area contributed by atoms with Gasteiger partial charge in [0, 0.05) is 24.2 Å². The fraction of sp³-hybridized carbons (Fsp3) is 0.364. The van der Waals surface area contributed by atoms with E-state index in [9.17, 15) is 9.59 Å². The smallest absolute Gasteiger partial charge is 0.321 e. The van der Waals surface area contributed by atoms with Gasteiger partial charge in [-0.25, -0.2) is 10.3 Å². The van der Waals surface area contributed by atoms with Gasteiger partial charge in [0.05, 0.1) is 25.8 Å². The van der Waals surface area contributed by atoms with Crippen LogP contribution in [0.5, 0.6) is 5.75 Å². The summed E-state index contributed by atoms with van der Waals surface area (Å²) in [6.45, 7) is 4.80. The third-order valence-corrected chi connectivity index (χ3v) is 5.53. The molecule has 2 N–H and O–H groups in total. The molecule has 158 valence electrons. The summed E-state index contributed by atoms with van der Waals surface area (Å²) in [5, 5.41) is 8.91. The van der Waals surface area contributed by atoms with E-state index in [1.165, 1.54) is 0 Å². The van der Waals surface area contributed by atoms with Crippen molar-refractivity contribution < 1.29 is 24.3 Å². The van der Waals surface area contributed by atoms with Crippen molar-refractivity contribution in [3.8, 4) is 5.75 Å². The summed E-state index contributed by atoms with van der Waals surface area (Å²) in [5.74, 6) is -0.0764. The van der Waals surface area contributed by atoms with Crippen LogP contribution < -0.4 is 10.2 Å². The Bertz CT molecular complexity index is 925. The second-order valence-corrected chi connectivity index (χ2v) is 7.51. The van der Waals surface area contributed by atoms with Crippen molar-refractivity contribution in [3.63, 3.8) is 0 Å². The maximum Gasteiger partial charge on any atom is 0.321 e. The van der Waals surface area contributed by atoms with Crippen molar-refractivity contribution in [1.29, 1.82) is 0 Å². The van der Waals surface area contributed by atoms with Gasteiger partial charge in [-0.15, -0.1) is 0 Å². The standard InChI is InChI=1S/C22H25N3O5/c1-15-2-4-16(5-3-15)19-14-30-20-12-17(21(26)23-28)6-7-18(20)13-25(19)22(27)24-8-10-29-11-9-24/h2-7,12,19,28H,8-11,13-14H2,1H3,(H,23,26). The minimum atomic E-state index is -0.609. The highest BCUT2D eigenvalue weighted by atomic mass is 16.5. The Hall–Kier alpha value is -3.10. The Morgan fingerprint density at radius 1 is 1.10 bits per heavy atom. The number of carbonyl (C=O) groups is 2. The van der Waals surface area contributed by atoms with Gasteiger partial charge in [-0.05, 0) is 24.6 Å². The van der Waals surface area contributed by atoms with Crippen LogP contribution in [0, 0.1) is 6.92 Å². The number of fused-ring (bicyclic) bond motifs is 1. The largest absolute Gasteiger partial charge is 0.491 e. The molecule has 1 saturated heterocycles. The number of benzene rings is 2. The molecule has 8 heteroatoms. The summed E-state index contributed by atoms with van der Waals surface area (Å²) >= 11 is 0. The maximum atomic E-state index is 13.4. The zero-order valence-corrected chi connectivity index (χ0v) is 16.8. The van der Waals surface area contributed by atoms with Crippen molar-refractivity contribution in [3.05, 3.63) is 64.7 Å². The molecule has 2 aromatic carbocycles. The number of morpholine rings is 1. The number of carbonyl (C=O) groups excluding carboxylic acids is 2. The number of hydrogen-bond acceptors (Lipinski definition) is 5. The SMILES string of the molecule is Cc1ccc(C2COc3cc(C(=O)NO)ccc3CN2C(=O)N2CCOCC2)cc1. The van der Waals surface area contributed by atoms with Crippen LogP contribution in [-0.2, 0) is 11.3 Å². The molecule has 1 unspecified atom stereocenters. The molecule has 2 aliphatic rings. The molecule has 2 aromatic rings. The monoisotopic (exact) mass is 411 g/mol. The van der Waals surface area contributed by atoms with E-state index < -0.39 is 5.91 Å². The van der Waals surface area contributed by atoms with Crippen molar-refractivity contribution in [1.82, 2.24) is 15.3 Å². The Morgan fingerprint density at radius 2 is 1.83 bits per heavy atom. The molecule has 0 aliphatic carbocycles. The first kappa shape index (κ1) is 20.2. The first-order valence-electron chi connectivity index (χ1n) is 9.97. The highest BCUT2D eigenvalue weighted by Gasteiger charge is 2.33. The number of amides is 3. The van der Waals surface area contributed by atoms with Gasteiger partial charge in [-0.1, -0.05) is 35.9 Å². The lowest BCUT2D eigenvalue weighted by Gasteiger charge is -2.36. The molecule has 2 heterocycles. The zero-order chi connectivity index (χ0) is 21.1. The van der Waals surface area contributed by atoms with Gasteiger partial charge < -0.3 is 19.3 Å². The van der Waals surface area contributed by atoms with Crippen LogP contribution in [0.1, 0.15) is 33.1 Å². The van der Waals surface area contributed by atoms with Crippen molar-refractivity contribution in [2.24, 2.45) is 0 Å². The quantitative estimate of drug-likeness (QED) is 0.585. The fourth-order valence-corrected chi connectivity index (χ4v) is 3.78. The lowest BCUT2D eigenvalue weighted by molar-refractivity contribution is 0.0362. The van der Waals surface area contributed by atoms with E-state index in [1.54, 1.807) is 23.7 Å². The number of aryl methyl sites for hydroxylation is 1. The molecular formula is C22H25N3O5. The highest BCUT2D eigenvalue weighted by molar-refractivity contribution is 5.93. The third-order valence-electron chi connectivity index (χ3n) is 5.53. The Kier molecular flexibility index (Phi) is 5.87. The van der Waals surface area contributed by atoms with Gasteiger partial charge in [0.15, 0.2) is 0 Å². The summed E-state index contributed by atoms with van der Waals surface area (Å²) in [6.07, 6.45) is 0. The lowest BCUT2D eigenvalue weighted by Crippen LogP contribution is -2.49. The summed E-state index contributed by atoms with van der Waals surface area (Å²) in [4.78, 5) is 28.8. The number of nitrogens with zero attached hydrogens (tertiary/aromatic N) is 2. The molecule has 3 amide bonds. The minimum absolute atomic E-state index is 0.0579. The summed E-state index contributed by atoms with van der Waals surface area (Å²) in [7, 11) is 0. The van der Waals surface area contributed by atoms with Gasteiger partial charge in [-0.2, -0.15) is 0 Å². The fourth-order valence-electron chi connectivity index (χ4n) is 3.78. The molecular weight excluding hydrogens is 386 g/mol. The Morgan fingerprint density at radius 3 is 2.53 bits per heavy atom. The number of hydroxylamine groups is 1. The Balaban J connectivity index is 1.68. The number of rotatable bonds is 2. The van der Waals surface area contributed by atoms with E-state index in [0.717, 1.165) is 16.7 Å². The predicted molar refractivity (Wildman–Crippen MR) is 108 cm³/mol. The average molecular weight is 411 g/mol. The van der Waals surface area contributed by atoms with Crippen LogP contribution in [0.3, 0.4) is 0 Å². The first-order chi connectivity index (χ1) is 14.6.